The van der Waals surface area contributed by atoms with Gasteiger partial charge in [0.1, 0.15) is 11.1 Å². The minimum atomic E-state index is -0.429. The molecule has 8 heteroatoms. The number of hydrogen-bond acceptors (Lipinski definition) is 5. The van der Waals surface area contributed by atoms with E-state index in [0.717, 1.165) is 41.0 Å². The van der Waals surface area contributed by atoms with Crippen molar-refractivity contribution in [3.8, 4) is 6.07 Å². The number of carbonyl (C=O) groups is 2. The zero-order valence-electron chi connectivity index (χ0n) is 20.0. The van der Waals surface area contributed by atoms with Crippen molar-refractivity contribution < 1.29 is 14.3 Å². The monoisotopic (exact) mass is 490 g/mol. The first-order chi connectivity index (χ1) is 16.9. The minimum Gasteiger partial charge on any atom is -0.449 e. The molecule has 2 N–H and O–H groups in total. The average molecular weight is 491 g/mol. The topological polar surface area (TPSA) is 96.2 Å². The van der Waals surface area contributed by atoms with Gasteiger partial charge in [0.15, 0.2) is 0 Å². The number of thiophene rings is 1. The van der Waals surface area contributed by atoms with Gasteiger partial charge in [-0.1, -0.05) is 37.3 Å². The lowest BCUT2D eigenvalue weighted by Crippen LogP contribution is -2.28. The lowest BCUT2D eigenvalue weighted by atomic mass is 9.88. The molecule has 0 saturated heterocycles. The molecule has 7 nitrogen and oxygen atoms in total. The summed E-state index contributed by atoms with van der Waals surface area (Å²) in [6.07, 6.45) is 4.16. The summed E-state index contributed by atoms with van der Waals surface area (Å²) in [6, 6.07) is 16.1. The van der Waals surface area contributed by atoms with E-state index in [2.05, 4.69) is 16.7 Å². The lowest BCUT2D eigenvalue weighted by Gasteiger charge is -2.21. The van der Waals surface area contributed by atoms with E-state index in [1.807, 2.05) is 67.2 Å². The van der Waals surface area contributed by atoms with Gasteiger partial charge < -0.3 is 19.9 Å². The fourth-order valence-corrected chi connectivity index (χ4v) is 5.77. The molecule has 0 radical (unpaired) electrons. The number of nitrogens with one attached hydrogen (secondary N) is 2. The van der Waals surface area contributed by atoms with Crippen molar-refractivity contribution in [1.29, 1.82) is 5.26 Å². The molecule has 4 rings (SSSR count). The number of alkyl carbamates (subject to hydrolysis) is 1. The second-order valence-corrected chi connectivity index (χ2v) is 10.2. The molecule has 0 aliphatic heterocycles. The number of aromatic nitrogens is 1. The van der Waals surface area contributed by atoms with Crippen molar-refractivity contribution in [3.63, 3.8) is 0 Å². The largest absolute Gasteiger partial charge is 0.449 e. The van der Waals surface area contributed by atoms with Gasteiger partial charge >= 0.3 is 6.09 Å². The molecule has 2 unspecified atom stereocenters. The average Bonchev–Trinajstić information content (AvgIpc) is 3.43. The van der Waals surface area contributed by atoms with Crippen molar-refractivity contribution in [3.05, 3.63) is 75.9 Å². The molecule has 35 heavy (non-hydrogen) atoms. The molecule has 2 amide bonds. The van der Waals surface area contributed by atoms with Crippen LogP contribution in [0.5, 0.6) is 0 Å². The third-order valence-electron chi connectivity index (χ3n) is 6.51. The van der Waals surface area contributed by atoms with Gasteiger partial charge in [-0.15, -0.1) is 11.3 Å². The third kappa shape index (κ3) is 6.11. The van der Waals surface area contributed by atoms with E-state index in [0.29, 0.717) is 30.1 Å². The number of fused-ring (bicyclic) bond motifs is 1. The van der Waals surface area contributed by atoms with Crippen LogP contribution in [-0.4, -0.2) is 23.2 Å². The van der Waals surface area contributed by atoms with Gasteiger partial charge in [-0.3, -0.25) is 4.79 Å². The van der Waals surface area contributed by atoms with E-state index in [-0.39, 0.29) is 17.7 Å². The normalized spacial score (nSPS) is 15.5. The van der Waals surface area contributed by atoms with Gasteiger partial charge in [0.25, 0.3) is 0 Å². The van der Waals surface area contributed by atoms with Gasteiger partial charge in [-0.05, 0) is 54.4 Å². The Balaban J connectivity index is 1.31. The fourth-order valence-electron chi connectivity index (χ4n) is 4.45. The molecule has 2 aromatic heterocycles. The van der Waals surface area contributed by atoms with Crippen molar-refractivity contribution in [2.24, 2.45) is 13.0 Å². The second kappa shape index (κ2) is 11.2. The molecule has 1 aliphatic carbocycles. The van der Waals surface area contributed by atoms with E-state index in [4.69, 9.17) is 4.74 Å². The predicted octanol–water partition coefficient (Wildman–Crippen LogP) is 5.12. The number of benzene rings is 1. The van der Waals surface area contributed by atoms with Crippen molar-refractivity contribution in [2.75, 3.05) is 11.9 Å². The first kappa shape index (κ1) is 24.6. The fraction of sp³-hybridized carbons (Fsp3) is 0.370. The molecule has 2 atom stereocenters. The quantitative estimate of drug-likeness (QED) is 0.458. The number of amides is 2. The van der Waals surface area contributed by atoms with Crippen molar-refractivity contribution in [2.45, 2.75) is 45.1 Å². The maximum atomic E-state index is 12.7. The van der Waals surface area contributed by atoms with Crippen LogP contribution >= 0.6 is 11.3 Å². The third-order valence-corrected chi connectivity index (χ3v) is 7.68. The zero-order chi connectivity index (χ0) is 24.8. The number of ether oxygens (including phenoxy) is 1. The van der Waals surface area contributed by atoms with Gasteiger partial charge in [0, 0.05) is 30.2 Å². The van der Waals surface area contributed by atoms with E-state index < -0.39 is 6.09 Å². The van der Waals surface area contributed by atoms with Crippen LogP contribution in [0.3, 0.4) is 0 Å². The van der Waals surface area contributed by atoms with Crippen molar-refractivity contribution in [1.82, 2.24) is 9.88 Å². The number of anilines is 1. The Morgan fingerprint density at radius 1 is 1.26 bits per heavy atom. The summed E-state index contributed by atoms with van der Waals surface area (Å²) in [5, 5.41) is 16.2. The van der Waals surface area contributed by atoms with Gasteiger partial charge in [0.05, 0.1) is 18.7 Å². The smallest absolute Gasteiger partial charge is 0.407 e. The van der Waals surface area contributed by atoms with Crippen LogP contribution in [0.15, 0.2) is 48.7 Å². The Hall–Kier alpha value is -3.57. The van der Waals surface area contributed by atoms with Crippen LogP contribution in [-0.2, 0) is 36.0 Å². The van der Waals surface area contributed by atoms with Crippen molar-refractivity contribution >= 4 is 28.3 Å². The highest BCUT2D eigenvalue weighted by Crippen LogP contribution is 2.39. The molecule has 1 aromatic carbocycles. The maximum absolute atomic E-state index is 12.7. The number of rotatable bonds is 8. The van der Waals surface area contributed by atoms with Gasteiger partial charge in [0.2, 0.25) is 5.91 Å². The molecule has 0 bridgehead atoms. The van der Waals surface area contributed by atoms with Crippen LogP contribution in [0.25, 0.3) is 0 Å². The molecule has 0 saturated carbocycles. The Morgan fingerprint density at radius 3 is 2.77 bits per heavy atom. The van der Waals surface area contributed by atoms with Crippen LogP contribution in [0, 0.1) is 17.2 Å². The van der Waals surface area contributed by atoms with E-state index in [9.17, 15) is 14.9 Å². The van der Waals surface area contributed by atoms with E-state index >= 15 is 0 Å². The molecule has 1 aliphatic rings. The number of carbonyl (C=O) groups excluding carboxylic acids is 2. The number of hydrogen-bond donors (Lipinski definition) is 2. The highest BCUT2D eigenvalue weighted by Gasteiger charge is 2.27. The molecule has 3 aromatic rings. The number of aryl methyl sites for hydroxylation is 1. The lowest BCUT2D eigenvalue weighted by molar-refractivity contribution is -0.116. The zero-order valence-corrected chi connectivity index (χ0v) is 20.9. The van der Waals surface area contributed by atoms with Gasteiger partial charge in [-0.2, -0.15) is 5.26 Å². The standard InChI is InChI=1S/C27H30N4O3S/c1-18(20-7-4-3-5-8-20)13-25(32)30-26-23(15-28)22-11-10-19(14-24(22)35-26)17-34-27(33)29-16-21-9-6-12-31(21)2/h3-9,12,18-19H,10-11,13-14,16-17H2,1-2H3,(H,29,33)(H,30,32). The van der Waals surface area contributed by atoms with Gasteiger partial charge in [-0.25, -0.2) is 4.79 Å². The van der Waals surface area contributed by atoms with Crippen LogP contribution in [0.2, 0.25) is 0 Å². The minimum absolute atomic E-state index is 0.0885. The summed E-state index contributed by atoms with van der Waals surface area (Å²) in [5.74, 6) is 0.187. The maximum Gasteiger partial charge on any atom is 0.407 e. The first-order valence-electron chi connectivity index (χ1n) is 11.8. The molecule has 2 heterocycles. The summed E-state index contributed by atoms with van der Waals surface area (Å²) in [6.45, 7) is 2.77. The second-order valence-electron chi connectivity index (χ2n) is 9.06. The first-order valence-corrected chi connectivity index (χ1v) is 12.7. The Bertz CT molecular complexity index is 1230. The predicted molar refractivity (Wildman–Crippen MR) is 136 cm³/mol. The summed E-state index contributed by atoms with van der Waals surface area (Å²) in [5.41, 5.74) is 3.71. The summed E-state index contributed by atoms with van der Waals surface area (Å²) >= 11 is 1.47. The summed E-state index contributed by atoms with van der Waals surface area (Å²) in [7, 11) is 1.93. The van der Waals surface area contributed by atoms with E-state index in [1.165, 1.54) is 11.3 Å². The van der Waals surface area contributed by atoms with Crippen LogP contribution in [0.4, 0.5) is 9.80 Å². The Kier molecular flexibility index (Phi) is 7.88. The van der Waals surface area contributed by atoms with Crippen LogP contribution in [0.1, 0.15) is 52.9 Å². The Morgan fingerprint density at radius 2 is 2.06 bits per heavy atom. The molecule has 0 spiro atoms. The SMILES string of the molecule is CC(CC(=O)Nc1sc2c(c1C#N)CCC(COC(=O)NCc1cccn1C)C2)c1ccccc1. The molecular formula is C27H30N4O3S. The number of nitrogens with zero attached hydrogens (tertiary/aromatic N) is 2. The molecule has 0 fully saturated rings. The van der Waals surface area contributed by atoms with E-state index in [1.54, 1.807) is 0 Å². The summed E-state index contributed by atoms with van der Waals surface area (Å²) < 4.78 is 7.41. The summed E-state index contributed by atoms with van der Waals surface area (Å²) in [4.78, 5) is 25.9. The molecule has 182 valence electrons. The molecular weight excluding hydrogens is 460 g/mol. The highest BCUT2D eigenvalue weighted by molar-refractivity contribution is 7.16. The Labute approximate surface area is 209 Å². The van der Waals surface area contributed by atoms with Crippen LogP contribution < -0.4 is 10.6 Å². The number of nitriles is 1. The highest BCUT2D eigenvalue weighted by atomic mass is 32.1.